The first kappa shape index (κ1) is 21.7. The van der Waals surface area contributed by atoms with Gasteiger partial charge >= 0.3 is 25.7 Å². The summed E-state index contributed by atoms with van der Waals surface area (Å²) in [6, 6.07) is 0. The van der Waals surface area contributed by atoms with Crippen molar-refractivity contribution in [2.75, 3.05) is 13.7 Å². The normalized spacial score (nSPS) is 16.1. The van der Waals surface area contributed by atoms with E-state index in [0.717, 1.165) is 0 Å². The molecule has 0 saturated heterocycles. The number of ether oxygens (including phenoxy) is 1. The fourth-order valence-corrected chi connectivity index (χ4v) is 19.5. The molecule has 0 radical (unpaired) electrons. The average Bonchev–Trinajstić information content (AvgIpc) is 2.08. The molecule has 9 heteroatoms. The summed E-state index contributed by atoms with van der Waals surface area (Å²) in [7, 11) is -7.46. The molecule has 0 aromatic carbocycles. The van der Waals surface area contributed by atoms with Crippen LogP contribution in [0.3, 0.4) is 0 Å². The Hall–Kier alpha value is 0.668. The number of hydrogen-bond donors (Lipinski definition) is 1. The van der Waals surface area contributed by atoms with Gasteiger partial charge in [-0.15, -0.1) is 0 Å². The van der Waals surface area contributed by atoms with Gasteiger partial charge in [0.15, 0.2) is 8.32 Å². The first-order chi connectivity index (χ1) is 9.10. The van der Waals surface area contributed by atoms with Crippen molar-refractivity contribution < 1.29 is 21.9 Å². The highest BCUT2D eigenvalue weighted by molar-refractivity contribution is 6.88. The lowest BCUT2D eigenvalue weighted by atomic mass is 10.5. The van der Waals surface area contributed by atoms with Gasteiger partial charge in [0.05, 0.1) is 0 Å². The van der Waals surface area contributed by atoms with E-state index in [1.165, 1.54) is 0 Å². The monoisotopic (exact) mass is 370 g/mol. The Bertz CT molecular complexity index is 328. The van der Waals surface area contributed by atoms with Gasteiger partial charge in [-0.05, 0) is 57.9 Å². The molecule has 21 heavy (non-hydrogen) atoms. The molecule has 1 N–H and O–H groups in total. The molecule has 0 fully saturated rings. The van der Waals surface area contributed by atoms with Crippen molar-refractivity contribution in [1.82, 2.24) is 0 Å². The summed E-state index contributed by atoms with van der Waals surface area (Å²) in [6.45, 7) is 18.9. The molecule has 0 aliphatic carbocycles. The van der Waals surface area contributed by atoms with E-state index in [1.807, 2.05) is 13.1 Å². The molecule has 1 atom stereocenters. The molecule has 128 valence electrons. The zero-order chi connectivity index (χ0) is 17.1. The SMILES string of the molecule is COCC(C)[Si](C)(C)O[Si](C)(C)O[Si](C)(C)O[Si](C)(C)O. The zero-order valence-corrected chi connectivity index (χ0v) is 19.4. The molecular weight excluding hydrogens is 336 g/mol. The minimum atomic E-state index is -2.59. The smallest absolute Gasteiger partial charge is 0.320 e. The lowest BCUT2D eigenvalue weighted by Crippen LogP contribution is -2.57. The molecule has 0 rings (SSSR count). The lowest BCUT2D eigenvalue weighted by Gasteiger charge is -2.41. The summed E-state index contributed by atoms with van der Waals surface area (Å²) in [5, 5.41) is 0. The third-order valence-electron chi connectivity index (χ3n) is 3.10. The maximum atomic E-state index is 9.98. The molecule has 0 spiro atoms. The standard InChI is InChI=1S/C12H34O5Si4/c1-12(11-14-2)18(3,4)15-20(7,8)17-21(9,10)16-19(5,6)13/h12-13H,11H2,1-10H3. The molecule has 0 amide bonds. The van der Waals surface area contributed by atoms with Crippen LogP contribution in [0.4, 0.5) is 0 Å². The molecule has 0 saturated carbocycles. The quantitative estimate of drug-likeness (QED) is 0.631. The molecule has 0 aromatic rings. The fourth-order valence-electron chi connectivity index (χ4n) is 2.42. The van der Waals surface area contributed by atoms with Crippen LogP contribution in [-0.2, 0) is 17.1 Å². The van der Waals surface area contributed by atoms with Gasteiger partial charge in [-0.2, -0.15) is 0 Å². The van der Waals surface area contributed by atoms with Crippen LogP contribution in [0.15, 0.2) is 0 Å². The largest absolute Gasteiger partial charge is 0.436 e. The van der Waals surface area contributed by atoms with E-state index in [4.69, 9.17) is 17.1 Å². The van der Waals surface area contributed by atoms with Crippen LogP contribution in [0.1, 0.15) is 6.92 Å². The fraction of sp³-hybridized carbons (Fsp3) is 1.00. The van der Waals surface area contributed by atoms with Crippen LogP contribution in [0.25, 0.3) is 0 Å². The van der Waals surface area contributed by atoms with Gasteiger partial charge in [-0.25, -0.2) is 0 Å². The summed E-state index contributed by atoms with van der Waals surface area (Å²) in [5.41, 5.74) is 0.396. The van der Waals surface area contributed by atoms with Crippen LogP contribution in [0, 0.1) is 0 Å². The molecule has 0 aliphatic rings. The number of hydrogen-bond acceptors (Lipinski definition) is 5. The van der Waals surface area contributed by atoms with Crippen molar-refractivity contribution in [3.05, 3.63) is 0 Å². The van der Waals surface area contributed by atoms with E-state index in [9.17, 15) is 4.80 Å². The second-order valence-electron chi connectivity index (χ2n) is 7.51. The van der Waals surface area contributed by atoms with Gasteiger partial charge in [0.25, 0.3) is 0 Å². The first-order valence-corrected chi connectivity index (χ1v) is 18.9. The van der Waals surface area contributed by atoms with Crippen LogP contribution >= 0.6 is 0 Å². The summed E-state index contributed by atoms with van der Waals surface area (Å²) in [6.07, 6.45) is 0. The summed E-state index contributed by atoms with van der Waals surface area (Å²) in [4.78, 5) is 9.98. The van der Waals surface area contributed by atoms with E-state index in [-0.39, 0.29) is 0 Å². The molecule has 0 heterocycles. The Morgan fingerprint density at radius 2 is 1.24 bits per heavy atom. The van der Waals surface area contributed by atoms with Crippen LogP contribution < -0.4 is 0 Å². The van der Waals surface area contributed by atoms with Gasteiger partial charge in [0.1, 0.15) is 0 Å². The predicted molar refractivity (Wildman–Crippen MR) is 96.7 cm³/mol. The van der Waals surface area contributed by atoms with Crippen LogP contribution in [0.5, 0.6) is 0 Å². The Kier molecular flexibility index (Phi) is 7.73. The molecule has 5 nitrogen and oxygen atoms in total. The summed E-state index contributed by atoms with van der Waals surface area (Å²) in [5.74, 6) is 0. The van der Waals surface area contributed by atoms with E-state index in [2.05, 4.69) is 33.1 Å². The Balaban J connectivity index is 4.83. The van der Waals surface area contributed by atoms with Gasteiger partial charge in [-0.3, -0.25) is 0 Å². The second kappa shape index (κ2) is 7.49. The van der Waals surface area contributed by atoms with Gasteiger partial charge in [-0.1, -0.05) is 6.92 Å². The Morgan fingerprint density at radius 1 is 0.810 bits per heavy atom. The minimum Gasteiger partial charge on any atom is -0.436 e. The topological polar surface area (TPSA) is 57.2 Å². The van der Waals surface area contributed by atoms with Crippen molar-refractivity contribution in [2.45, 2.75) is 64.8 Å². The molecule has 0 bridgehead atoms. The Labute approximate surface area is 134 Å². The van der Waals surface area contributed by atoms with Crippen molar-refractivity contribution in [3.8, 4) is 0 Å². The average molecular weight is 371 g/mol. The van der Waals surface area contributed by atoms with Crippen molar-refractivity contribution in [1.29, 1.82) is 0 Å². The number of rotatable bonds is 9. The zero-order valence-electron chi connectivity index (χ0n) is 15.4. The Morgan fingerprint density at radius 3 is 1.62 bits per heavy atom. The summed E-state index contributed by atoms with van der Waals surface area (Å²) >= 11 is 0. The van der Waals surface area contributed by atoms with Crippen LogP contribution in [-0.4, -0.2) is 52.5 Å². The third-order valence-corrected chi connectivity index (χ3v) is 17.6. The second-order valence-corrected chi connectivity index (χ2v) is 22.6. The van der Waals surface area contributed by atoms with Gasteiger partial charge in [0, 0.05) is 13.7 Å². The van der Waals surface area contributed by atoms with Crippen molar-refractivity contribution >= 4 is 34.0 Å². The summed E-state index contributed by atoms with van der Waals surface area (Å²) < 4.78 is 23.8. The third kappa shape index (κ3) is 9.41. The number of methoxy groups -OCH3 is 1. The van der Waals surface area contributed by atoms with E-state index in [1.54, 1.807) is 20.2 Å². The lowest BCUT2D eigenvalue weighted by molar-refractivity contribution is 0.192. The highest BCUT2D eigenvalue weighted by Crippen LogP contribution is 2.29. The maximum Gasteiger partial charge on any atom is 0.320 e. The van der Waals surface area contributed by atoms with Crippen LogP contribution in [0.2, 0.25) is 57.9 Å². The highest BCUT2D eigenvalue weighted by Gasteiger charge is 2.44. The molecular formula is C12H34O5Si4. The van der Waals surface area contributed by atoms with Gasteiger partial charge < -0.3 is 21.9 Å². The van der Waals surface area contributed by atoms with E-state index >= 15 is 0 Å². The molecule has 0 aromatic heterocycles. The van der Waals surface area contributed by atoms with Crippen molar-refractivity contribution in [3.63, 3.8) is 0 Å². The van der Waals surface area contributed by atoms with Gasteiger partial charge in [0.2, 0.25) is 0 Å². The maximum absolute atomic E-state index is 9.98. The molecule has 0 aliphatic heterocycles. The van der Waals surface area contributed by atoms with E-state index < -0.39 is 34.0 Å². The molecule has 1 unspecified atom stereocenters. The predicted octanol–water partition coefficient (Wildman–Crippen LogP) is 3.38. The first-order valence-electron chi connectivity index (χ1n) is 7.42. The van der Waals surface area contributed by atoms with Crippen molar-refractivity contribution in [2.24, 2.45) is 0 Å². The van der Waals surface area contributed by atoms with E-state index in [0.29, 0.717) is 12.1 Å². The minimum absolute atomic E-state index is 0.396. The highest BCUT2D eigenvalue weighted by atomic mass is 28.5.